The molecule has 0 amide bonds. The third kappa shape index (κ3) is 3.96. The van der Waals surface area contributed by atoms with Gasteiger partial charge in [-0.2, -0.15) is 0 Å². The van der Waals surface area contributed by atoms with Gasteiger partial charge in [-0.1, -0.05) is 34.4 Å². The van der Waals surface area contributed by atoms with Crippen LogP contribution in [0.5, 0.6) is 0 Å². The lowest BCUT2D eigenvalue weighted by molar-refractivity contribution is -0.175. The maximum Gasteiger partial charge on any atom is 0.351 e. The van der Waals surface area contributed by atoms with Crippen LogP contribution < -0.4 is 0 Å². The molecule has 32 heavy (non-hydrogen) atoms. The van der Waals surface area contributed by atoms with E-state index in [9.17, 15) is 14.4 Å². The molecule has 0 unspecified atom stereocenters. The van der Waals surface area contributed by atoms with Crippen molar-refractivity contribution in [3.8, 4) is 0 Å². The molecule has 3 rings (SSSR count). The molecule has 3 aliphatic rings. The van der Waals surface area contributed by atoms with Crippen molar-refractivity contribution in [1.82, 2.24) is 0 Å². The minimum Gasteiger partial charge on any atom is -0.458 e. The highest BCUT2D eigenvalue weighted by Gasteiger charge is 2.64. The van der Waals surface area contributed by atoms with Crippen LogP contribution in [-0.2, 0) is 28.6 Å². The summed E-state index contributed by atoms with van der Waals surface area (Å²) in [6.07, 6.45) is 3.80. The van der Waals surface area contributed by atoms with E-state index in [2.05, 4.69) is 6.08 Å². The van der Waals surface area contributed by atoms with E-state index in [4.69, 9.17) is 14.2 Å². The molecular formula is C26H34O6. The second-order valence-corrected chi connectivity index (χ2v) is 9.57. The number of esters is 3. The number of allylic oxidation sites excluding steroid dienone is 3. The van der Waals surface area contributed by atoms with Gasteiger partial charge in [0.1, 0.15) is 12.2 Å². The lowest BCUT2D eigenvalue weighted by Crippen LogP contribution is -2.50. The van der Waals surface area contributed by atoms with Crippen LogP contribution in [0, 0.1) is 11.8 Å². The fraction of sp³-hybridized carbons (Fsp3) is 0.577. The Morgan fingerprint density at radius 1 is 1.16 bits per heavy atom. The van der Waals surface area contributed by atoms with Gasteiger partial charge in [0.15, 0.2) is 0 Å². The van der Waals surface area contributed by atoms with Gasteiger partial charge in [-0.25, -0.2) is 14.4 Å². The van der Waals surface area contributed by atoms with Gasteiger partial charge in [-0.05, 0) is 61.8 Å². The third-order valence-electron chi connectivity index (χ3n) is 7.31. The molecule has 0 aromatic rings. The number of ether oxygens (including phenoxy) is 3. The molecule has 0 saturated carbocycles. The van der Waals surface area contributed by atoms with E-state index >= 15 is 0 Å². The molecule has 0 spiro atoms. The summed E-state index contributed by atoms with van der Waals surface area (Å²) in [6.45, 7) is 14.5. The van der Waals surface area contributed by atoms with Gasteiger partial charge < -0.3 is 14.2 Å². The Hall–Kier alpha value is -2.63. The summed E-state index contributed by atoms with van der Waals surface area (Å²) >= 11 is 0. The summed E-state index contributed by atoms with van der Waals surface area (Å²) in [6, 6.07) is 0. The van der Waals surface area contributed by atoms with Crippen LogP contribution in [0.4, 0.5) is 0 Å². The van der Waals surface area contributed by atoms with Crippen molar-refractivity contribution in [2.45, 2.75) is 86.0 Å². The molecule has 0 aromatic carbocycles. The molecule has 1 fully saturated rings. The number of fused-ring (bicyclic) bond motifs is 3. The fourth-order valence-corrected chi connectivity index (χ4v) is 4.91. The number of carbonyl (C=O) groups excluding carboxylic acids is 3. The van der Waals surface area contributed by atoms with Crippen LogP contribution in [0.25, 0.3) is 0 Å². The number of carbonyl (C=O) groups is 3. The first kappa shape index (κ1) is 24.0. The Morgan fingerprint density at radius 2 is 1.81 bits per heavy atom. The summed E-state index contributed by atoms with van der Waals surface area (Å²) in [5, 5.41) is 0. The molecule has 1 heterocycles. The van der Waals surface area contributed by atoms with Gasteiger partial charge in [0.05, 0.1) is 5.92 Å². The predicted molar refractivity (Wildman–Crippen MR) is 120 cm³/mol. The molecule has 2 aliphatic carbocycles. The maximum absolute atomic E-state index is 13.2. The first-order valence-electron chi connectivity index (χ1n) is 11.2. The molecule has 0 radical (unpaired) electrons. The minimum atomic E-state index is -1.56. The second kappa shape index (κ2) is 8.72. The zero-order chi connectivity index (χ0) is 24.0. The lowest BCUT2D eigenvalue weighted by Gasteiger charge is -2.35. The Kier molecular flexibility index (Phi) is 6.55. The van der Waals surface area contributed by atoms with Crippen molar-refractivity contribution >= 4 is 17.9 Å². The van der Waals surface area contributed by atoms with E-state index in [1.807, 2.05) is 27.7 Å². The van der Waals surface area contributed by atoms with E-state index in [-0.39, 0.29) is 5.92 Å². The molecule has 1 aliphatic heterocycles. The average Bonchev–Trinajstić information content (AvgIpc) is 3.19. The average molecular weight is 443 g/mol. The third-order valence-corrected chi connectivity index (χ3v) is 7.31. The Bertz CT molecular complexity index is 974. The number of hydrogen-bond acceptors (Lipinski definition) is 6. The second-order valence-electron chi connectivity index (χ2n) is 9.57. The van der Waals surface area contributed by atoms with E-state index in [0.717, 1.165) is 23.1 Å². The van der Waals surface area contributed by atoms with Crippen LogP contribution in [0.15, 0.2) is 45.6 Å². The summed E-state index contributed by atoms with van der Waals surface area (Å²) < 4.78 is 17.7. The van der Waals surface area contributed by atoms with Crippen molar-refractivity contribution in [2.24, 2.45) is 11.8 Å². The standard InChI is InChI=1S/C26H34O6/c1-9-14(4)23(27)32-26(8)21-19(30-24(28)17(7)13(2)3)12-16(6)18-11-10-15(5)20(18)22(21)31-25(26)29/h9-10,19-22H,11-12H2,1-8H3/b14-9+/t19-,20-,21+,22-,26+/m1/s1. The molecule has 1 saturated heterocycles. The summed E-state index contributed by atoms with van der Waals surface area (Å²) in [7, 11) is 0. The van der Waals surface area contributed by atoms with Gasteiger partial charge in [-0.3, -0.25) is 0 Å². The zero-order valence-corrected chi connectivity index (χ0v) is 20.3. The van der Waals surface area contributed by atoms with Crippen molar-refractivity contribution in [1.29, 1.82) is 0 Å². The highest BCUT2D eigenvalue weighted by molar-refractivity contribution is 5.92. The van der Waals surface area contributed by atoms with E-state index in [1.165, 1.54) is 5.57 Å². The molecular weight excluding hydrogens is 408 g/mol. The van der Waals surface area contributed by atoms with E-state index < -0.39 is 41.6 Å². The summed E-state index contributed by atoms with van der Waals surface area (Å²) in [4.78, 5) is 38.7. The Labute approximate surface area is 190 Å². The quantitative estimate of drug-likeness (QED) is 0.271. The van der Waals surface area contributed by atoms with E-state index in [1.54, 1.807) is 33.8 Å². The molecule has 6 heteroatoms. The lowest BCUT2D eigenvalue weighted by atomic mass is 9.77. The first-order chi connectivity index (χ1) is 14.9. The van der Waals surface area contributed by atoms with Gasteiger partial charge in [0, 0.05) is 23.5 Å². The molecule has 0 N–H and O–H groups in total. The molecule has 6 nitrogen and oxygen atoms in total. The van der Waals surface area contributed by atoms with Crippen molar-refractivity contribution in [2.75, 3.05) is 0 Å². The van der Waals surface area contributed by atoms with Crippen molar-refractivity contribution in [3.63, 3.8) is 0 Å². The molecule has 0 bridgehead atoms. The molecule has 174 valence electrons. The van der Waals surface area contributed by atoms with Gasteiger partial charge in [-0.15, -0.1) is 0 Å². The first-order valence-corrected chi connectivity index (χ1v) is 11.2. The number of hydrogen-bond donors (Lipinski definition) is 0. The van der Waals surface area contributed by atoms with Gasteiger partial charge in [0.2, 0.25) is 5.60 Å². The topological polar surface area (TPSA) is 78.9 Å². The largest absolute Gasteiger partial charge is 0.458 e. The highest BCUT2D eigenvalue weighted by atomic mass is 16.6. The van der Waals surface area contributed by atoms with E-state index in [0.29, 0.717) is 17.6 Å². The maximum atomic E-state index is 13.2. The molecule has 0 aromatic heterocycles. The van der Waals surface area contributed by atoms with Gasteiger partial charge >= 0.3 is 17.9 Å². The normalized spacial score (nSPS) is 31.8. The fourth-order valence-electron chi connectivity index (χ4n) is 4.91. The van der Waals surface area contributed by atoms with Crippen LogP contribution in [0.1, 0.15) is 68.2 Å². The smallest absolute Gasteiger partial charge is 0.351 e. The zero-order valence-electron chi connectivity index (χ0n) is 20.3. The summed E-state index contributed by atoms with van der Waals surface area (Å²) in [5.41, 5.74) is 3.67. The number of rotatable bonds is 4. The van der Waals surface area contributed by atoms with Crippen LogP contribution >= 0.6 is 0 Å². The monoisotopic (exact) mass is 442 g/mol. The SMILES string of the molecule is C/C=C(\C)C(=O)O[C@]1(C)C(=O)O[C@@H]2[C@@H]3C(C)=CCC3=C(C)C[C@@H](OC(=O)C(C)=C(C)C)[C@@H]21. The predicted octanol–water partition coefficient (Wildman–Crippen LogP) is 4.75. The van der Waals surface area contributed by atoms with Crippen LogP contribution in [0.2, 0.25) is 0 Å². The van der Waals surface area contributed by atoms with Crippen LogP contribution in [0.3, 0.4) is 0 Å². The van der Waals surface area contributed by atoms with Crippen molar-refractivity contribution in [3.05, 3.63) is 45.6 Å². The highest BCUT2D eigenvalue weighted by Crippen LogP contribution is 2.52. The Balaban J connectivity index is 2.09. The molecule has 5 atom stereocenters. The van der Waals surface area contributed by atoms with Gasteiger partial charge in [0.25, 0.3) is 0 Å². The Morgan fingerprint density at radius 3 is 2.41 bits per heavy atom. The van der Waals surface area contributed by atoms with Crippen LogP contribution in [-0.4, -0.2) is 35.7 Å². The minimum absolute atomic E-state index is 0.0967. The summed E-state index contributed by atoms with van der Waals surface area (Å²) in [5.74, 6) is -2.32. The van der Waals surface area contributed by atoms with Crippen molar-refractivity contribution < 1.29 is 28.6 Å².